The normalized spacial score (nSPS) is 29.6. The van der Waals surface area contributed by atoms with E-state index in [1.54, 1.807) is 0 Å². The number of carbonyl (C=O) groups excluding carboxylic acids is 1. The third kappa shape index (κ3) is 3.23. The van der Waals surface area contributed by atoms with Gasteiger partial charge in [-0.15, -0.1) is 0 Å². The van der Waals surface area contributed by atoms with Crippen LogP contribution in [0.1, 0.15) is 24.8 Å². The molecule has 0 saturated carbocycles. The topological polar surface area (TPSA) is 41.6 Å². The van der Waals surface area contributed by atoms with Crippen LogP contribution < -0.4 is 5.32 Å². The second kappa shape index (κ2) is 6.34. The van der Waals surface area contributed by atoms with Gasteiger partial charge in [-0.05, 0) is 31.0 Å². The van der Waals surface area contributed by atoms with E-state index in [9.17, 15) is 4.79 Å². The molecule has 2 fully saturated rings. The molecule has 1 unspecified atom stereocenters. The number of hydrogen-bond donors (Lipinski definition) is 1. The van der Waals surface area contributed by atoms with E-state index >= 15 is 0 Å². The van der Waals surface area contributed by atoms with Crippen molar-refractivity contribution in [2.45, 2.75) is 31.4 Å². The van der Waals surface area contributed by atoms with Gasteiger partial charge in [-0.3, -0.25) is 4.79 Å². The molecule has 1 amide bonds. The van der Waals surface area contributed by atoms with E-state index in [-0.39, 0.29) is 18.1 Å². The third-order valence-corrected chi connectivity index (χ3v) is 4.68. The summed E-state index contributed by atoms with van der Waals surface area (Å²) in [5.41, 5.74) is 1.26. The first-order valence-corrected chi connectivity index (χ1v) is 7.92. The summed E-state index contributed by atoms with van der Waals surface area (Å²) in [5.74, 6) is 0.574. The van der Waals surface area contributed by atoms with Crippen molar-refractivity contribution in [3.63, 3.8) is 0 Å². The van der Waals surface area contributed by atoms with Crippen molar-refractivity contribution in [1.29, 1.82) is 0 Å². The number of amides is 1. The van der Waals surface area contributed by atoms with Crippen LogP contribution in [0.15, 0.2) is 24.3 Å². The van der Waals surface area contributed by atoms with Crippen molar-refractivity contribution in [3.05, 3.63) is 34.9 Å². The van der Waals surface area contributed by atoms with Crippen LogP contribution in [-0.2, 0) is 9.53 Å². The van der Waals surface area contributed by atoms with Gasteiger partial charge < -0.3 is 15.0 Å². The average Bonchev–Trinajstić information content (AvgIpc) is 2.98. The van der Waals surface area contributed by atoms with Crippen molar-refractivity contribution in [3.8, 4) is 0 Å². The minimum atomic E-state index is -0.206. The fourth-order valence-corrected chi connectivity index (χ4v) is 3.30. The molecule has 1 N–H and O–H groups in total. The molecular weight excluding hydrogens is 288 g/mol. The Morgan fingerprint density at radius 2 is 2.14 bits per heavy atom. The minimum absolute atomic E-state index is 0.0548. The van der Waals surface area contributed by atoms with Crippen molar-refractivity contribution >= 4 is 17.5 Å². The first kappa shape index (κ1) is 14.8. The van der Waals surface area contributed by atoms with Gasteiger partial charge in [0, 0.05) is 30.6 Å². The van der Waals surface area contributed by atoms with Crippen LogP contribution >= 0.6 is 11.6 Å². The molecule has 0 radical (unpaired) electrons. The second-order valence-corrected chi connectivity index (χ2v) is 6.27. The van der Waals surface area contributed by atoms with E-state index in [0.29, 0.717) is 12.5 Å². The van der Waals surface area contributed by atoms with Crippen molar-refractivity contribution in [1.82, 2.24) is 10.2 Å². The number of halogens is 1. The molecule has 5 heteroatoms. The highest BCUT2D eigenvalue weighted by atomic mass is 35.5. The highest BCUT2D eigenvalue weighted by Gasteiger charge is 2.35. The van der Waals surface area contributed by atoms with Crippen LogP contribution in [0, 0.1) is 0 Å². The first-order chi connectivity index (χ1) is 10.1. The highest BCUT2D eigenvalue weighted by molar-refractivity contribution is 6.30. The molecule has 4 nitrogen and oxygen atoms in total. The summed E-state index contributed by atoms with van der Waals surface area (Å²) in [7, 11) is 0. The number of likely N-dealkylation sites (tertiary alicyclic amines) is 1. The second-order valence-electron chi connectivity index (χ2n) is 5.83. The van der Waals surface area contributed by atoms with Gasteiger partial charge in [-0.2, -0.15) is 0 Å². The SMILES string of the molecule is C[C@H]1OCCN[C@@H]1C(=O)N1CCC(c2ccc(Cl)cc2)C1. The lowest BCUT2D eigenvalue weighted by molar-refractivity contribution is -0.138. The van der Waals surface area contributed by atoms with Crippen molar-refractivity contribution in [2.75, 3.05) is 26.2 Å². The number of nitrogens with one attached hydrogen (secondary N) is 1. The maximum absolute atomic E-state index is 12.6. The first-order valence-electron chi connectivity index (χ1n) is 7.54. The molecule has 114 valence electrons. The van der Waals surface area contributed by atoms with E-state index in [1.165, 1.54) is 5.56 Å². The average molecular weight is 309 g/mol. The maximum atomic E-state index is 12.6. The molecular formula is C16H21ClN2O2. The molecule has 2 heterocycles. The van der Waals surface area contributed by atoms with Gasteiger partial charge in [0.15, 0.2) is 0 Å². The zero-order valence-corrected chi connectivity index (χ0v) is 13.0. The van der Waals surface area contributed by atoms with E-state index < -0.39 is 0 Å². The molecule has 2 aliphatic rings. The van der Waals surface area contributed by atoms with E-state index in [2.05, 4.69) is 17.4 Å². The zero-order valence-electron chi connectivity index (χ0n) is 12.2. The molecule has 1 aromatic carbocycles. The molecule has 1 aromatic rings. The number of ether oxygens (including phenoxy) is 1. The Morgan fingerprint density at radius 3 is 2.86 bits per heavy atom. The third-order valence-electron chi connectivity index (χ3n) is 4.42. The molecule has 0 bridgehead atoms. The molecule has 2 saturated heterocycles. The van der Waals surface area contributed by atoms with Gasteiger partial charge in [-0.25, -0.2) is 0 Å². The van der Waals surface area contributed by atoms with Crippen LogP contribution in [0.4, 0.5) is 0 Å². The number of morpholine rings is 1. The Bertz CT molecular complexity index is 506. The van der Waals surface area contributed by atoms with Crippen LogP contribution in [0.3, 0.4) is 0 Å². The lowest BCUT2D eigenvalue weighted by atomic mass is 9.99. The van der Waals surface area contributed by atoms with Crippen LogP contribution in [0.2, 0.25) is 5.02 Å². The lowest BCUT2D eigenvalue weighted by Gasteiger charge is -2.32. The summed E-state index contributed by atoms with van der Waals surface area (Å²) in [6.45, 7) is 4.98. The summed E-state index contributed by atoms with van der Waals surface area (Å²) in [6, 6.07) is 7.75. The molecule has 3 rings (SSSR count). The van der Waals surface area contributed by atoms with Crippen molar-refractivity contribution < 1.29 is 9.53 Å². The number of carbonyl (C=O) groups is 1. The van der Waals surface area contributed by atoms with Gasteiger partial charge in [0.2, 0.25) is 5.91 Å². The minimum Gasteiger partial charge on any atom is -0.375 e. The Balaban J connectivity index is 1.63. The smallest absolute Gasteiger partial charge is 0.242 e. The molecule has 3 atom stereocenters. The summed E-state index contributed by atoms with van der Waals surface area (Å²) in [5, 5.41) is 4.03. The molecule has 0 spiro atoms. The van der Waals surface area contributed by atoms with E-state index in [0.717, 1.165) is 31.1 Å². The fraction of sp³-hybridized carbons (Fsp3) is 0.562. The largest absolute Gasteiger partial charge is 0.375 e. The molecule has 0 aromatic heterocycles. The molecule has 21 heavy (non-hydrogen) atoms. The number of nitrogens with zero attached hydrogens (tertiary/aromatic N) is 1. The summed E-state index contributed by atoms with van der Waals surface area (Å²) >= 11 is 5.93. The van der Waals surface area contributed by atoms with Crippen LogP contribution in [-0.4, -0.2) is 49.2 Å². The van der Waals surface area contributed by atoms with Gasteiger partial charge >= 0.3 is 0 Å². The van der Waals surface area contributed by atoms with Gasteiger partial charge in [-0.1, -0.05) is 23.7 Å². The van der Waals surface area contributed by atoms with Crippen LogP contribution in [0.25, 0.3) is 0 Å². The quantitative estimate of drug-likeness (QED) is 0.909. The highest BCUT2D eigenvalue weighted by Crippen LogP contribution is 2.28. The zero-order chi connectivity index (χ0) is 14.8. The van der Waals surface area contributed by atoms with Crippen molar-refractivity contribution in [2.24, 2.45) is 0 Å². The van der Waals surface area contributed by atoms with Gasteiger partial charge in [0.1, 0.15) is 6.04 Å². The predicted molar refractivity (Wildman–Crippen MR) is 82.6 cm³/mol. The lowest BCUT2D eigenvalue weighted by Crippen LogP contribution is -2.56. The number of hydrogen-bond acceptors (Lipinski definition) is 3. The number of rotatable bonds is 2. The number of benzene rings is 1. The Labute approximate surface area is 130 Å². The van der Waals surface area contributed by atoms with E-state index in [1.807, 2.05) is 24.0 Å². The molecule has 0 aliphatic carbocycles. The van der Waals surface area contributed by atoms with E-state index in [4.69, 9.17) is 16.3 Å². The van der Waals surface area contributed by atoms with Gasteiger partial charge in [0.25, 0.3) is 0 Å². The Kier molecular flexibility index (Phi) is 4.48. The summed E-state index contributed by atoms with van der Waals surface area (Å²) < 4.78 is 5.57. The maximum Gasteiger partial charge on any atom is 0.242 e. The van der Waals surface area contributed by atoms with Gasteiger partial charge in [0.05, 0.1) is 12.7 Å². The fourth-order valence-electron chi connectivity index (χ4n) is 3.17. The Hall–Kier alpha value is -1.10. The Morgan fingerprint density at radius 1 is 1.38 bits per heavy atom. The summed E-state index contributed by atoms with van der Waals surface area (Å²) in [6.07, 6.45) is 0.954. The standard InChI is InChI=1S/C16H21ClN2O2/c1-11-15(18-7-9-21-11)16(20)19-8-6-13(10-19)12-2-4-14(17)5-3-12/h2-5,11,13,15,18H,6-10H2,1H3/t11-,13?,15+/m1/s1. The van der Waals surface area contributed by atoms with Crippen LogP contribution in [0.5, 0.6) is 0 Å². The monoisotopic (exact) mass is 308 g/mol. The predicted octanol–water partition coefficient (Wildman–Crippen LogP) is 2.03. The summed E-state index contributed by atoms with van der Waals surface area (Å²) in [4.78, 5) is 14.6. The molecule has 2 aliphatic heterocycles.